The topological polar surface area (TPSA) is 142 Å². The number of ether oxygens (including phenoxy) is 3. The number of fused-ring (bicyclic) bond motifs is 2. The van der Waals surface area contributed by atoms with Gasteiger partial charge in [0.2, 0.25) is 17.7 Å². The number of likely N-dealkylation sites (N-methyl/N-ethyl adjacent to an activating group) is 1. The van der Waals surface area contributed by atoms with Crippen LogP contribution < -0.4 is 5.32 Å². The summed E-state index contributed by atoms with van der Waals surface area (Å²) in [6, 6.07) is 0.557. The number of methoxy groups -OCH3 is 3. The van der Waals surface area contributed by atoms with Crippen LogP contribution >= 0.6 is 0 Å². The molecule has 2 heterocycles. The Labute approximate surface area is 275 Å². The van der Waals surface area contributed by atoms with Crippen LogP contribution in [0.4, 0.5) is 0 Å². The average molecular weight is 648 g/mol. The number of hydrogen-bond donors (Lipinski definition) is 1. The summed E-state index contributed by atoms with van der Waals surface area (Å²) in [5.74, 6) is -1.48. The third kappa shape index (κ3) is 8.03. The molecule has 1 N–H and O–H groups in total. The van der Waals surface area contributed by atoms with E-state index in [1.165, 1.54) is 7.11 Å². The van der Waals surface area contributed by atoms with Crippen LogP contribution in [0.1, 0.15) is 79.6 Å². The Balaban J connectivity index is 1.79. The molecule has 3 fully saturated rings. The number of rotatable bonds is 16. The molecule has 260 valence electrons. The van der Waals surface area contributed by atoms with E-state index < -0.39 is 36.3 Å². The molecule has 3 rings (SSSR count). The zero-order valence-electron chi connectivity index (χ0n) is 29.4. The first-order valence-electron chi connectivity index (χ1n) is 17.0. The molecule has 10 atom stereocenters. The van der Waals surface area contributed by atoms with Crippen molar-refractivity contribution in [2.45, 2.75) is 122 Å². The van der Waals surface area contributed by atoms with Crippen LogP contribution in [-0.2, 0) is 33.4 Å². The van der Waals surface area contributed by atoms with Crippen LogP contribution in [0, 0.1) is 35.0 Å². The molecule has 3 aliphatic rings. The maximum Gasteiger partial charge on any atom is 0.311 e. The van der Waals surface area contributed by atoms with Gasteiger partial charge in [-0.2, -0.15) is 5.26 Å². The molecular formula is C34H57N5O7. The van der Waals surface area contributed by atoms with Crippen LogP contribution in [0.15, 0.2) is 0 Å². The van der Waals surface area contributed by atoms with E-state index in [-0.39, 0.29) is 66.5 Å². The smallest absolute Gasteiger partial charge is 0.311 e. The van der Waals surface area contributed by atoms with Crippen molar-refractivity contribution >= 4 is 23.7 Å². The van der Waals surface area contributed by atoms with Crippen molar-refractivity contribution in [3.8, 4) is 6.07 Å². The van der Waals surface area contributed by atoms with Gasteiger partial charge >= 0.3 is 5.97 Å². The fourth-order valence-corrected chi connectivity index (χ4v) is 8.20. The maximum absolute atomic E-state index is 14.2. The normalized spacial score (nSPS) is 26.6. The Bertz CT molecular complexity index is 1110. The summed E-state index contributed by atoms with van der Waals surface area (Å²) in [4.78, 5) is 59.5. The van der Waals surface area contributed by atoms with E-state index >= 15 is 0 Å². The number of likely N-dealkylation sites (tertiary alicyclic amines) is 2. The highest BCUT2D eigenvalue weighted by atomic mass is 16.5. The van der Waals surface area contributed by atoms with E-state index in [2.05, 4.69) is 11.4 Å². The largest absolute Gasteiger partial charge is 0.469 e. The minimum absolute atomic E-state index is 0.00709. The Kier molecular flexibility index (Phi) is 13.8. The quantitative estimate of drug-likeness (QED) is 0.198. The first kappa shape index (κ1) is 37.7. The molecule has 0 aromatic carbocycles. The second kappa shape index (κ2) is 16.9. The standard InChI is InChI=1S/C34H57N5O7/c1-10-21(4)29(26(44-7)19-27(40)39-16-11-12-25(39)31(45-8)22(5)34(43)46-9)37(6)33(42)28(20(2)3)36-32(41)30-23-13-14-24(18-23)38(30)17-15-35/h20-26,28-31H,10-14,16-19H2,1-9H3,(H,36,41)/t21-,22?,23-,24+,25-,26+,28-,29-,30-,31?/m0/s1. The summed E-state index contributed by atoms with van der Waals surface area (Å²) in [5.41, 5.74) is 0. The first-order valence-corrected chi connectivity index (χ1v) is 17.0. The number of nitrogens with zero attached hydrogens (tertiary/aromatic N) is 4. The molecule has 0 spiro atoms. The van der Waals surface area contributed by atoms with Crippen molar-refractivity contribution in [1.82, 2.24) is 20.0 Å². The molecule has 2 unspecified atom stereocenters. The van der Waals surface area contributed by atoms with Gasteiger partial charge in [0.1, 0.15) is 6.04 Å². The lowest BCUT2D eigenvalue weighted by molar-refractivity contribution is -0.154. The van der Waals surface area contributed by atoms with Gasteiger partial charge in [0, 0.05) is 33.9 Å². The van der Waals surface area contributed by atoms with Crippen LogP contribution in [0.5, 0.6) is 0 Å². The summed E-state index contributed by atoms with van der Waals surface area (Å²) in [7, 11) is 6.18. The summed E-state index contributed by atoms with van der Waals surface area (Å²) in [6.07, 6.45) is 4.04. The van der Waals surface area contributed by atoms with Gasteiger partial charge in [0.15, 0.2) is 0 Å². The van der Waals surface area contributed by atoms with Crippen molar-refractivity contribution in [1.29, 1.82) is 5.26 Å². The van der Waals surface area contributed by atoms with Gasteiger partial charge in [0.05, 0.1) is 62.4 Å². The van der Waals surface area contributed by atoms with E-state index in [4.69, 9.17) is 14.2 Å². The molecule has 2 saturated heterocycles. The summed E-state index contributed by atoms with van der Waals surface area (Å²) >= 11 is 0. The van der Waals surface area contributed by atoms with Gasteiger partial charge < -0.3 is 29.3 Å². The van der Waals surface area contributed by atoms with Crippen molar-refractivity contribution in [3.05, 3.63) is 0 Å². The van der Waals surface area contributed by atoms with Gasteiger partial charge in [-0.25, -0.2) is 0 Å². The molecule has 12 nitrogen and oxygen atoms in total. The van der Waals surface area contributed by atoms with E-state index in [0.717, 1.165) is 32.1 Å². The fourth-order valence-electron chi connectivity index (χ4n) is 8.20. The predicted molar refractivity (Wildman–Crippen MR) is 172 cm³/mol. The van der Waals surface area contributed by atoms with Crippen molar-refractivity contribution in [2.24, 2.45) is 23.7 Å². The first-order chi connectivity index (χ1) is 21.9. The Morgan fingerprint density at radius 3 is 2.30 bits per heavy atom. The van der Waals surface area contributed by atoms with Crippen molar-refractivity contribution in [2.75, 3.05) is 41.5 Å². The summed E-state index contributed by atoms with van der Waals surface area (Å²) in [5, 5.41) is 12.5. The fraction of sp³-hybridized carbons (Fsp3) is 0.853. The zero-order valence-corrected chi connectivity index (χ0v) is 29.4. The number of carbonyl (C=O) groups excluding carboxylic acids is 4. The highest BCUT2D eigenvalue weighted by molar-refractivity contribution is 5.90. The lowest BCUT2D eigenvalue weighted by atomic mass is 9.89. The maximum atomic E-state index is 14.2. The number of hydrogen-bond acceptors (Lipinski definition) is 9. The minimum Gasteiger partial charge on any atom is -0.469 e. The molecule has 0 radical (unpaired) electrons. The van der Waals surface area contributed by atoms with Crippen LogP contribution in [0.3, 0.4) is 0 Å². The number of esters is 1. The molecule has 2 aliphatic heterocycles. The molecule has 2 bridgehead atoms. The highest BCUT2D eigenvalue weighted by Crippen LogP contribution is 2.42. The van der Waals surface area contributed by atoms with Crippen LogP contribution in [0.2, 0.25) is 0 Å². The van der Waals surface area contributed by atoms with E-state index in [1.54, 1.807) is 38.0 Å². The summed E-state index contributed by atoms with van der Waals surface area (Å²) in [6.45, 7) is 10.4. The second-order valence-corrected chi connectivity index (χ2v) is 13.8. The molecule has 0 aromatic rings. The van der Waals surface area contributed by atoms with Gasteiger partial charge in [0.25, 0.3) is 0 Å². The number of amides is 3. The number of nitrogens with one attached hydrogen (secondary N) is 1. The lowest BCUT2D eigenvalue weighted by Crippen LogP contribution is -2.60. The second-order valence-electron chi connectivity index (χ2n) is 13.8. The van der Waals surface area contributed by atoms with Crippen LogP contribution in [0.25, 0.3) is 0 Å². The molecule has 12 heteroatoms. The van der Waals surface area contributed by atoms with Crippen LogP contribution in [-0.4, -0.2) is 122 Å². The predicted octanol–water partition coefficient (Wildman–Crippen LogP) is 2.60. The Morgan fingerprint density at radius 1 is 1.04 bits per heavy atom. The molecule has 3 amide bonds. The monoisotopic (exact) mass is 647 g/mol. The van der Waals surface area contributed by atoms with Crippen molar-refractivity contribution < 1.29 is 33.4 Å². The third-order valence-corrected chi connectivity index (χ3v) is 10.9. The average Bonchev–Trinajstić information content (AvgIpc) is 3.80. The van der Waals surface area contributed by atoms with E-state index in [9.17, 15) is 24.4 Å². The number of piperidine rings is 1. The summed E-state index contributed by atoms with van der Waals surface area (Å²) < 4.78 is 16.6. The SMILES string of the molecule is CC[C@H](C)[C@@H]([C@@H](CC(=O)N1CCC[C@H]1C(OC)C(C)C(=O)OC)OC)N(C)C(=O)[C@@H](NC(=O)[C@@H]1[C@H]2CC[C@H](C2)N1CC#N)C(C)C. The zero-order chi connectivity index (χ0) is 34.3. The molecule has 46 heavy (non-hydrogen) atoms. The highest BCUT2D eigenvalue weighted by Gasteiger charge is 2.50. The lowest BCUT2D eigenvalue weighted by Gasteiger charge is -2.41. The minimum atomic E-state index is -0.773. The van der Waals surface area contributed by atoms with E-state index in [0.29, 0.717) is 13.0 Å². The van der Waals surface area contributed by atoms with Gasteiger partial charge in [-0.05, 0) is 56.8 Å². The van der Waals surface area contributed by atoms with Crippen molar-refractivity contribution in [3.63, 3.8) is 0 Å². The Hall–Kier alpha value is -2.75. The molecular weight excluding hydrogens is 590 g/mol. The van der Waals surface area contributed by atoms with Gasteiger partial charge in [-0.1, -0.05) is 34.1 Å². The third-order valence-electron chi connectivity index (χ3n) is 10.9. The molecule has 0 aromatic heterocycles. The number of nitriles is 1. The Morgan fingerprint density at radius 2 is 1.74 bits per heavy atom. The van der Waals surface area contributed by atoms with E-state index in [1.807, 2.05) is 32.6 Å². The van der Waals surface area contributed by atoms with Gasteiger partial charge in [-0.3, -0.25) is 24.1 Å². The molecule has 1 aliphatic carbocycles. The number of carbonyl (C=O) groups is 4. The molecule has 1 saturated carbocycles. The van der Waals surface area contributed by atoms with Gasteiger partial charge in [-0.15, -0.1) is 0 Å².